The van der Waals surface area contributed by atoms with Crippen molar-refractivity contribution in [3.8, 4) is 6.07 Å². The van der Waals surface area contributed by atoms with Crippen molar-refractivity contribution in [1.29, 1.82) is 5.26 Å². The number of nitriles is 1. The quantitative estimate of drug-likeness (QED) is 0.812. The molecule has 0 aromatic carbocycles. The lowest BCUT2D eigenvalue weighted by Crippen LogP contribution is -2.51. The van der Waals surface area contributed by atoms with Gasteiger partial charge in [-0.05, 0) is 45.7 Å². The Kier molecular flexibility index (Phi) is 6.95. The molecule has 1 aromatic heterocycles. The van der Waals surface area contributed by atoms with E-state index in [4.69, 9.17) is 9.47 Å². The monoisotopic (exact) mass is 414 g/mol. The number of aromatic nitrogens is 1. The van der Waals surface area contributed by atoms with E-state index in [2.05, 4.69) is 10.3 Å². The minimum atomic E-state index is -4.63. The number of hydrogen-bond acceptors (Lipinski definition) is 6. The average molecular weight is 414 g/mol. The fourth-order valence-electron chi connectivity index (χ4n) is 3.13. The van der Waals surface area contributed by atoms with Crippen molar-refractivity contribution in [3.05, 3.63) is 23.4 Å². The number of ether oxygens (including phenoxy) is 2. The van der Waals surface area contributed by atoms with Crippen LogP contribution in [0.5, 0.6) is 0 Å². The predicted octanol–water partition coefficient (Wildman–Crippen LogP) is 3.48. The van der Waals surface area contributed by atoms with Crippen LogP contribution in [0.3, 0.4) is 0 Å². The zero-order chi connectivity index (χ0) is 21.8. The zero-order valence-electron chi connectivity index (χ0n) is 16.8. The third-order valence-corrected chi connectivity index (χ3v) is 4.44. The molecule has 0 saturated carbocycles. The van der Waals surface area contributed by atoms with Crippen LogP contribution in [0.25, 0.3) is 0 Å². The summed E-state index contributed by atoms with van der Waals surface area (Å²) in [6.45, 7) is 5.63. The second kappa shape index (κ2) is 8.86. The first-order chi connectivity index (χ1) is 13.4. The highest BCUT2D eigenvalue weighted by Crippen LogP contribution is 2.33. The van der Waals surface area contributed by atoms with Crippen LogP contribution in [0.2, 0.25) is 0 Å². The first kappa shape index (κ1) is 22.7. The molecule has 2 heterocycles. The molecule has 1 aromatic rings. The minimum Gasteiger partial charge on any atom is -0.444 e. The highest BCUT2D eigenvalue weighted by Gasteiger charge is 2.36. The molecule has 1 N–H and O–H groups in total. The third kappa shape index (κ3) is 6.22. The van der Waals surface area contributed by atoms with Crippen LogP contribution in [0.4, 0.5) is 23.8 Å². The van der Waals surface area contributed by atoms with Gasteiger partial charge in [0.1, 0.15) is 23.2 Å². The van der Waals surface area contributed by atoms with E-state index in [0.29, 0.717) is 19.4 Å². The minimum absolute atomic E-state index is 0.0381. The van der Waals surface area contributed by atoms with E-state index in [9.17, 15) is 23.2 Å². The highest BCUT2D eigenvalue weighted by atomic mass is 19.4. The lowest BCUT2D eigenvalue weighted by Gasteiger charge is -2.40. The molecular weight excluding hydrogens is 389 g/mol. The maximum Gasteiger partial charge on any atom is 0.433 e. The molecule has 1 aliphatic heterocycles. The number of pyridine rings is 1. The van der Waals surface area contributed by atoms with Gasteiger partial charge >= 0.3 is 12.3 Å². The molecule has 7 nitrogen and oxygen atoms in total. The van der Waals surface area contributed by atoms with Crippen molar-refractivity contribution >= 4 is 11.9 Å². The molecule has 1 aliphatic rings. The lowest BCUT2D eigenvalue weighted by atomic mass is 9.98. The molecule has 0 spiro atoms. The number of hydrogen-bond donors (Lipinski definition) is 1. The Bertz CT molecular complexity index is 771. The zero-order valence-corrected chi connectivity index (χ0v) is 16.8. The number of nitrogens with one attached hydrogen (secondary N) is 1. The molecular formula is C19H25F3N4O3. The van der Waals surface area contributed by atoms with E-state index < -0.39 is 29.6 Å². The van der Waals surface area contributed by atoms with Crippen molar-refractivity contribution in [1.82, 2.24) is 10.3 Å². The largest absolute Gasteiger partial charge is 0.444 e. The van der Waals surface area contributed by atoms with Crippen LogP contribution in [-0.4, -0.2) is 49.0 Å². The van der Waals surface area contributed by atoms with Gasteiger partial charge < -0.3 is 19.7 Å². The van der Waals surface area contributed by atoms with Crippen LogP contribution in [0.15, 0.2) is 12.1 Å². The van der Waals surface area contributed by atoms with E-state index in [1.165, 1.54) is 0 Å². The van der Waals surface area contributed by atoms with Gasteiger partial charge in [-0.1, -0.05) is 0 Å². The summed E-state index contributed by atoms with van der Waals surface area (Å²) in [5, 5.41) is 12.0. The van der Waals surface area contributed by atoms with E-state index >= 15 is 0 Å². The van der Waals surface area contributed by atoms with Crippen LogP contribution >= 0.6 is 0 Å². The average Bonchev–Trinajstić information content (AvgIpc) is 2.63. The molecule has 160 valence electrons. The first-order valence-corrected chi connectivity index (χ1v) is 9.19. The number of methoxy groups -OCH3 is 1. The summed E-state index contributed by atoms with van der Waals surface area (Å²) in [7, 11) is 1.56. The number of carbonyl (C=O) groups excluding carboxylic acids is 1. The van der Waals surface area contributed by atoms with Gasteiger partial charge in [0.25, 0.3) is 0 Å². The van der Waals surface area contributed by atoms with E-state index in [1.807, 2.05) is 6.07 Å². The number of rotatable bonds is 4. The van der Waals surface area contributed by atoms with Gasteiger partial charge in [0.2, 0.25) is 0 Å². The molecule has 0 bridgehead atoms. The molecule has 29 heavy (non-hydrogen) atoms. The van der Waals surface area contributed by atoms with E-state index in [-0.39, 0.29) is 24.0 Å². The van der Waals surface area contributed by atoms with Gasteiger partial charge in [0.15, 0.2) is 0 Å². The Morgan fingerprint density at radius 1 is 1.38 bits per heavy atom. The molecule has 2 atom stereocenters. The van der Waals surface area contributed by atoms with Gasteiger partial charge in [0.05, 0.1) is 17.7 Å². The van der Waals surface area contributed by atoms with Crippen molar-refractivity contribution in [2.75, 3.05) is 25.1 Å². The molecule has 10 heteroatoms. The Balaban J connectivity index is 2.28. The highest BCUT2D eigenvalue weighted by molar-refractivity contribution is 5.68. The molecule has 1 fully saturated rings. The molecule has 1 saturated heterocycles. The topological polar surface area (TPSA) is 87.5 Å². The number of alkyl carbamates (subject to hydrolysis) is 1. The summed E-state index contributed by atoms with van der Waals surface area (Å²) in [4.78, 5) is 17.3. The van der Waals surface area contributed by atoms with Crippen LogP contribution < -0.4 is 10.2 Å². The number of anilines is 1. The van der Waals surface area contributed by atoms with E-state index in [0.717, 1.165) is 12.1 Å². The molecule has 1 amide bonds. The van der Waals surface area contributed by atoms with Crippen molar-refractivity contribution in [2.45, 2.75) is 57.5 Å². The maximum atomic E-state index is 13.1. The van der Waals surface area contributed by atoms with Crippen LogP contribution in [0.1, 0.15) is 44.9 Å². The fraction of sp³-hybridized carbons (Fsp3) is 0.632. The van der Waals surface area contributed by atoms with Gasteiger partial charge in [-0.2, -0.15) is 18.4 Å². The Hall–Kier alpha value is -2.54. The number of halogens is 3. The summed E-state index contributed by atoms with van der Waals surface area (Å²) < 4.78 is 50.0. The number of alkyl halides is 3. The Labute approximate surface area is 167 Å². The summed E-state index contributed by atoms with van der Waals surface area (Å²) in [6.07, 6.45) is -4.36. The number of nitrogens with zero attached hydrogens (tertiary/aromatic N) is 3. The van der Waals surface area contributed by atoms with Crippen molar-refractivity contribution in [2.24, 2.45) is 0 Å². The summed E-state index contributed by atoms with van der Waals surface area (Å²) in [5.41, 5.74) is -1.71. The molecule has 2 rings (SSSR count). The summed E-state index contributed by atoms with van der Waals surface area (Å²) in [6, 6.07) is 3.39. The number of amides is 1. The van der Waals surface area contributed by atoms with Crippen LogP contribution in [0, 0.1) is 11.3 Å². The van der Waals surface area contributed by atoms with Gasteiger partial charge in [-0.25, -0.2) is 9.78 Å². The summed E-state index contributed by atoms with van der Waals surface area (Å²) >= 11 is 0. The molecule has 0 radical (unpaired) electrons. The van der Waals surface area contributed by atoms with Gasteiger partial charge in [0, 0.05) is 20.2 Å². The second-order valence-electron chi connectivity index (χ2n) is 7.79. The van der Waals surface area contributed by atoms with Gasteiger partial charge in [-0.15, -0.1) is 0 Å². The first-order valence-electron chi connectivity index (χ1n) is 9.19. The Morgan fingerprint density at radius 3 is 2.62 bits per heavy atom. The summed E-state index contributed by atoms with van der Waals surface area (Å²) in [5.74, 6) is -0.0483. The fourth-order valence-corrected chi connectivity index (χ4v) is 3.13. The molecule has 0 aliphatic carbocycles. The SMILES string of the molecule is CO[C@@H]1CCN(c2nc(C(F)(F)F)ccc2C#N)[C@H](CNC(=O)OC(C)(C)C)C1. The Morgan fingerprint density at radius 2 is 2.07 bits per heavy atom. The smallest absolute Gasteiger partial charge is 0.433 e. The van der Waals surface area contributed by atoms with Gasteiger partial charge in [-0.3, -0.25) is 0 Å². The van der Waals surface area contributed by atoms with Crippen LogP contribution in [-0.2, 0) is 15.7 Å². The second-order valence-corrected chi connectivity index (χ2v) is 7.79. The standard InChI is InChI=1S/C19H25F3N4O3/c1-18(2,3)29-17(27)24-11-13-9-14(28-4)7-8-26(13)16-12(10-23)5-6-15(25-16)19(20,21)22/h5-6,13-14H,7-9,11H2,1-4H3,(H,24,27)/t13-,14+/m0/s1. The van der Waals surface area contributed by atoms with Crippen molar-refractivity contribution in [3.63, 3.8) is 0 Å². The normalized spacial score (nSPS) is 20.1. The molecule has 0 unspecified atom stereocenters. The third-order valence-electron chi connectivity index (χ3n) is 4.44. The maximum absolute atomic E-state index is 13.1. The lowest BCUT2D eigenvalue weighted by molar-refractivity contribution is -0.141. The number of piperidine rings is 1. The van der Waals surface area contributed by atoms with Crippen molar-refractivity contribution < 1.29 is 27.4 Å². The van der Waals surface area contributed by atoms with E-state index in [1.54, 1.807) is 32.8 Å². The predicted molar refractivity (Wildman–Crippen MR) is 99.4 cm³/mol. The number of carbonyl (C=O) groups is 1.